The van der Waals surface area contributed by atoms with E-state index in [0.717, 1.165) is 0 Å². The van der Waals surface area contributed by atoms with E-state index in [1.54, 1.807) is 0 Å². The van der Waals surface area contributed by atoms with Crippen LogP contribution in [-0.2, 0) is 10.0 Å². The first-order valence-corrected chi connectivity index (χ1v) is 7.44. The minimum atomic E-state index is -3.79. The molecular formula is C10H12Cl2N2O3S. The molecule has 0 radical (unpaired) electrons. The summed E-state index contributed by atoms with van der Waals surface area (Å²) < 4.78 is 25.9. The number of β-amino-alcohol motifs (C(OH)–C–C–N with tert-alkyl or cyclic N) is 1. The summed E-state index contributed by atoms with van der Waals surface area (Å²) >= 11 is 11.6. The van der Waals surface area contributed by atoms with Gasteiger partial charge in [0.2, 0.25) is 10.0 Å². The van der Waals surface area contributed by atoms with Gasteiger partial charge < -0.3 is 10.8 Å². The smallest absolute Gasteiger partial charge is 0.246 e. The Labute approximate surface area is 115 Å². The van der Waals surface area contributed by atoms with Crippen LogP contribution in [0.15, 0.2) is 17.0 Å². The van der Waals surface area contributed by atoms with Crippen molar-refractivity contribution in [1.29, 1.82) is 0 Å². The lowest BCUT2D eigenvalue weighted by Gasteiger charge is -2.18. The van der Waals surface area contributed by atoms with Crippen molar-refractivity contribution in [1.82, 2.24) is 4.31 Å². The molecule has 5 nitrogen and oxygen atoms in total. The topological polar surface area (TPSA) is 83.6 Å². The minimum Gasteiger partial charge on any atom is -0.398 e. The average molecular weight is 311 g/mol. The number of sulfonamides is 1. The number of aliphatic hydroxyl groups is 1. The summed E-state index contributed by atoms with van der Waals surface area (Å²) in [5.74, 6) is 0. The maximum absolute atomic E-state index is 12.3. The molecule has 0 bridgehead atoms. The third-order valence-corrected chi connectivity index (χ3v) is 5.37. The fourth-order valence-electron chi connectivity index (χ4n) is 1.91. The number of rotatable bonds is 2. The largest absolute Gasteiger partial charge is 0.398 e. The molecule has 100 valence electrons. The van der Waals surface area contributed by atoms with Crippen molar-refractivity contribution in [2.45, 2.75) is 17.4 Å². The van der Waals surface area contributed by atoms with Crippen LogP contribution in [0.3, 0.4) is 0 Å². The number of halogens is 2. The quantitative estimate of drug-likeness (QED) is 0.807. The number of nitrogens with two attached hydrogens (primary N) is 1. The van der Waals surface area contributed by atoms with Crippen molar-refractivity contribution in [3.05, 3.63) is 22.2 Å². The van der Waals surface area contributed by atoms with Gasteiger partial charge in [-0.25, -0.2) is 8.42 Å². The molecule has 1 saturated heterocycles. The van der Waals surface area contributed by atoms with Crippen LogP contribution in [0.4, 0.5) is 5.69 Å². The van der Waals surface area contributed by atoms with E-state index in [1.165, 1.54) is 16.4 Å². The SMILES string of the molecule is Nc1cc(Cl)cc(Cl)c1S(=O)(=O)N1CC[C@H](O)C1. The zero-order valence-corrected chi connectivity index (χ0v) is 11.6. The maximum atomic E-state index is 12.3. The lowest BCUT2D eigenvalue weighted by molar-refractivity contribution is 0.189. The summed E-state index contributed by atoms with van der Waals surface area (Å²) in [6, 6.07) is 2.67. The second kappa shape index (κ2) is 4.86. The summed E-state index contributed by atoms with van der Waals surface area (Å²) in [6.07, 6.45) is -0.239. The van der Waals surface area contributed by atoms with Crippen LogP contribution in [0.25, 0.3) is 0 Å². The highest BCUT2D eigenvalue weighted by Gasteiger charge is 2.34. The normalized spacial score (nSPS) is 21.4. The van der Waals surface area contributed by atoms with Gasteiger partial charge in [-0.05, 0) is 18.6 Å². The summed E-state index contributed by atoms with van der Waals surface area (Å²) in [5, 5.41) is 9.66. The number of benzene rings is 1. The van der Waals surface area contributed by atoms with E-state index < -0.39 is 16.1 Å². The molecule has 1 aliphatic heterocycles. The Morgan fingerprint density at radius 3 is 2.56 bits per heavy atom. The molecule has 0 aliphatic carbocycles. The van der Waals surface area contributed by atoms with Crippen LogP contribution in [0.5, 0.6) is 0 Å². The van der Waals surface area contributed by atoms with Gasteiger partial charge in [-0.3, -0.25) is 0 Å². The Kier molecular flexibility index (Phi) is 3.75. The van der Waals surface area contributed by atoms with Crippen LogP contribution >= 0.6 is 23.2 Å². The molecule has 1 aromatic rings. The Morgan fingerprint density at radius 2 is 2.06 bits per heavy atom. The van der Waals surface area contributed by atoms with Crippen molar-refractivity contribution in [3.8, 4) is 0 Å². The Hall–Kier alpha value is -0.530. The zero-order valence-electron chi connectivity index (χ0n) is 9.31. The average Bonchev–Trinajstić information content (AvgIpc) is 2.63. The fraction of sp³-hybridized carbons (Fsp3) is 0.400. The molecular weight excluding hydrogens is 299 g/mol. The van der Waals surface area contributed by atoms with Gasteiger partial charge in [-0.2, -0.15) is 4.31 Å². The van der Waals surface area contributed by atoms with Crippen molar-refractivity contribution in [2.75, 3.05) is 18.8 Å². The predicted molar refractivity (Wildman–Crippen MR) is 70.3 cm³/mol. The first-order chi connectivity index (χ1) is 8.32. The molecule has 0 aromatic heterocycles. The lowest BCUT2D eigenvalue weighted by atomic mass is 10.3. The number of aliphatic hydroxyl groups excluding tert-OH is 1. The van der Waals surface area contributed by atoms with E-state index in [0.29, 0.717) is 6.42 Å². The van der Waals surface area contributed by atoms with Gasteiger partial charge in [0.1, 0.15) is 4.90 Å². The Bertz CT molecular complexity index is 553. The minimum absolute atomic E-state index is 0.00823. The molecule has 1 atom stereocenters. The van der Waals surface area contributed by atoms with Crippen molar-refractivity contribution in [2.24, 2.45) is 0 Å². The first kappa shape index (κ1) is 13.9. The van der Waals surface area contributed by atoms with Gasteiger partial charge in [-0.1, -0.05) is 23.2 Å². The molecule has 0 saturated carbocycles. The Balaban J connectivity index is 2.48. The lowest BCUT2D eigenvalue weighted by Crippen LogP contribution is -2.30. The third-order valence-electron chi connectivity index (χ3n) is 2.76. The van der Waals surface area contributed by atoms with E-state index in [4.69, 9.17) is 28.9 Å². The number of anilines is 1. The molecule has 1 aliphatic rings. The van der Waals surface area contributed by atoms with Crippen LogP contribution in [-0.4, -0.2) is 37.0 Å². The monoisotopic (exact) mass is 310 g/mol. The van der Waals surface area contributed by atoms with E-state index in [-0.39, 0.29) is 33.7 Å². The van der Waals surface area contributed by atoms with Gasteiger partial charge in [0.25, 0.3) is 0 Å². The number of nitrogen functional groups attached to an aromatic ring is 1. The standard InChI is InChI=1S/C10H12Cl2N2O3S/c11-6-3-8(12)10(9(13)4-6)18(16,17)14-2-1-7(15)5-14/h3-4,7,15H,1-2,5,13H2/t7-/m0/s1. The van der Waals surface area contributed by atoms with Crippen molar-refractivity contribution >= 4 is 38.9 Å². The number of hydrogen-bond donors (Lipinski definition) is 2. The van der Waals surface area contributed by atoms with Crippen LogP contribution in [0.2, 0.25) is 10.0 Å². The Morgan fingerprint density at radius 1 is 1.39 bits per heavy atom. The van der Waals surface area contributed by atoms with Crippen LogP contribution < -0.4 is 5.73 Å². The fourth-order valence-corrected chi connectivity index (χ4v) is 4.35. The van der Waals surface area contributed by atoms with Gasteiger partial charge in [-0.15, -0.1) is 0 Å². The van der Waals surface area contributed by atoms with Gasteiger partial charge in [0.15, 0.2) is 0 Å². The molecule has 0 spiro atoms. The van der Waals surface area contributed by atoms with E-state index >= 15 is 0 Å². The molecule has 18 heavy (non-hydrogen) atoms. The molecule has 0 unspecified atom stereocenters. The molecule has 1 heterocycles. The number of hydrogen-bond acceptors (Lipinski definition) is 4. The molecule has 1 aromatic carbocycles. The molecule has 2 rings (SSSR count). The summed E-state index contributed by atoms with van der Waals surface area (Å²) in [5.41, 5.74) is 5.68. The van der Waals surface area contributed by atoms with Crippen molar-refractivity contribution in [3.63, 3.8) is 0 Å². The second-order valence-electron chi connectivity index (χ2n) is 4.11. The summed E-state index contributed by atoms with van der Waals surface area (Å²) in [6.45, 7) is 0.308. The zero-order chi connectivity index (χ0) is 13.5. The highest BCUT2D eigenvalue weighted by molar-refractivity contribution is 7.89. The van der Waals surface area contributed by atoms with Crippen molar-refractivity contribution < 1.29 is 13.5 Å². The van der Waals surface area contributed by atoms with Crippen LogP contribution in [0.1, 0.15) is 6.42 Å². The maximum Gasteiger partial charge on any atom is 0.246 e. The van der Waals surface area contributed by atoms with E-state index in [1.807, 2.05) is 0 Å². The van der Waals surface area contributed by atoms with Gasteiger partial charge in [0.05, 0.1) is 16.8 Å². The summed E-state index contributed by atoms with van der Waals surface area (Å²) in [4.78, 5) is -0.150. The van der Waals surface area contributed by atoms with Gasteiger partial charge >= 0.3 is 0 Å². The molecule has 1 fully saturated rings. The van der Waals surface area contributed by atoms with Gasteiger partial charge in [0, 0.05) is 18.1 Å². The third kappa shape index (κ3) is 2.44. The summed E-state index contributed by atoms with van der Waals surface area (Å²) in [7, 11) is -3.79. The molecule has 0 amide bonds. The van der Waals surface area contributed by atoms with Crippen LogP contribution in [0, 0.1) is 0 Å². The van der Waals surface area contributed by atoms with E-state index in [2.05, 4.69) is 0 Å². The highest BCUT2D eigenvalue weighted by Crippen LogP contribution is 2.34. The predicted octanol–water partition coefficient (Wildman–Crippen LogP) is 1.33. The van der Waals surface area contributed by atoms with E-state index in [9.17, 15) is 13.5 Å². The second-order valence-corrected chi connectivity index (χ2v) is 6.83. The first-order valence-electron chi connectivity index (χ1n) is 5.25. The highest BCUT2D eigenvalue weighted by atomic mass is 35.5. The number of nitrogens with zero attached hydrogens (tertiary/aromatic N) is 1. The molecule has 8 heteroatoms. The molecule has 3 N–H and O–H groups in total.